The Hall–Kier alpha value is -2.21. The van der Waals surface area contributed by atoms with Gasteiger partial charge in [0.1, 0.15) is 5.82 Å². The van der Waals surface area contributed by atoms with Crippen LogP contribution in [0.15, 0.2) is 30.3 Å². The van der Waals surface area contributed by atoms with Crippen molar-refractivity contribution < 1.29 is 10.0 Å². The fourth-order valence-corrected chi connectivity index (χ4v) is 1.90. The minimum Gasteiger partial charge on any atom is -0.393 e. The maximum absolute atomic E-state index is 10.7. The van der Waals surface area contributed by atoms with Gasteiger partial charge < -0.3 is 10.4 Å². The van der Waals surface area contributed by atoms with Crippen molar-refractivity contribution in [1.29, 1.82) is 0 Å². The van der Waals surface area contributed by atoms with Crippen molar-refractivity contribution in [2.75, 3.05) is 11.9 Å². The quantitative estimate of drug-likeness (QED) is 0.625. The number of aliphatic hydroxyl groups is 1. The summed E-state index contributed by atoms with van der Waals surface area (Å²) in [6, 6.07) is 8.17. The summed E-state index contributed by atoms with van der Waals surface area (Å²) in [6.45, 7) is 2.58. The van der Waals surface area contributed by atoms with Crippen molar-refractivity contribution in [3.63, 3.8) is 0 Å². The van der Waals surface area contributed by atoms with E-state index in [4.69, 9.17) is 0 Å². The van der Waals surface area contributed by atoms with Crippen LogP contribution in [0.1, 0.15) is 19.8 Å². The van der Waals surface area contributed by atoms with Gasteiger partial charge in [-0.1, -0.05) is 6.92 Å². The molecule has 6 nitrogen and oxygen atoms in total. The molecule has 2 N–H and O–H groups in total. The van der Waals surface area contributed by atoms with E-state index in [2.05, 4.69) is 10.3 Å². The molecule has 1 aromatic heterocycles. The predicted octanol–water partition coefficient (Wildman–Crippen LogP) is 2.72. The molecular weight excluding hydrogens is 258 g/mol. The van der Waals surface area contributed by atoms with E-state index in [0.717, 1.165) is 11.8 Å². The zero-order chi connectivity index (χ0) is 14.5. The Morgan fingerprint density at radius 3 is 2.90 bits per heavy atom. The van der Waals surface area contributed by atoms with Gasteiger partial charge in [-0.3, -0.25) is 10.1 Å². The fourth-order valence-electron chi connectivity index (χ4n) is 1.90. The third-order valence-electron chi connectivity index (χ3n) is 3.14. The van der Waals surface area contributed by atoms with Crippen LogP contribution in [0.2, 0.25) is 0 Å². The largest absolute Gasteiger partial charge is 0.393 e. The molecule has 0 aliphatic carbocycles. The Kier molecular flexibility index (Phi) is 4.47. The minimum absolute atomic E-state index is 0.0612. The van der Waals surface area contributed by atoms with E-state index < -0.39 is 4.92 Å². The molecule has 0 aliphatic heterocycles. The Morgan fingerprint density at radius 2 is 2.20 bits per heavy atom. The van der Waals surface area contributed by atoms with Gasteiger partial charge in [0.2, 0.25) is 0 Å². The van der Waals surface area contributed by atoms with Crippen molar-refractivity contribution in [2.24, 2.45) is 0 Å². The summed E-state index contributed by atoms with van der Waals surface area (Å²) in [5.41, 5.74) is 0.766. The van der Waals surface area contributed by atoms with Gasteiger partial charge >= 0.3 is 0 Å². The monoisotopic (exact) mass is 275 g/mol. The minimum atomic E-state index is -0.419. The van der Waals surface area contributed by atoms with Crippen LogP contribution in [0.3, 0.4) is 0 Å². The van der Waals surface area contributed by atoms with Crippen molar-refractivity contribution >= 4 is 22.4 Å². The van der Waals surface area contributed by atoms with Crippen LogP contribution in [0.5, 0.6) is 0 Å². The molecule has 1 unspecified atom stereocenters. The standard InChI is InChI=1S/C14H17N3O3/c1-2-12(18)7-8-15-14-6-3-10-9-11(17(19)20)4-5-13(10)16-14/h3-6,9,12,18H,2,7-8H2,1H3,(H,15,16). The van der Waals surface area contributed by atoms with E-state index in [1.54, 1.807) is 18.2 Å². The number of nitrogens with zero attached hydrogens (tertiary/aromatic N) is 2. The van der Waals surface area contributed by atoms with Gasteiger partial charge in [0, 0.05) is 24.1 Å². The molecule has 6 heteroatoms. The van der Waals surface area contributed by atoms with E-state index in [0.29, 0.717) is 24.3 Å². The third-order valence-corrected chi connectivity index (χ3v) is 3.14. The highest BCUT2D eigenvalue weighted by Crippen LogP contribution is 2.21. The number of nitrogens with one attached hydrogen (secondary N) is 1. The van der Waals surface area contributed by atoms with Crippen LogP contribution in [-0.4, -0.2) is 27.7 Å². The number of aromatic nitrogens is 1. The number of non-ortho nitro benzene ring substituents is 1. The second kappa shape index (κ2) is 6.29. The number of hydrogen-bond acceptors (Lipinski definition) is 5. The highest BCUT2D eigenvalue weighted by atomic mass is 16.6. The molecule has 1 atom stereocenters. The van der Waals surface area contributed by atoms with Crippen LogP contribution in [0.4, 0.5) is 11.5 Å². The van der Waals surface area contributed by atoms with Gasteiger partial charge in [-0.05, 0) is 31.0 Å². The molecule has 20 heavy (non-hydrogen) atoms. The molecule has 0 aliphatic rings. The van der Waals surface area contributed by atoms with Gasteiger partial charge in [-0.2, -0.15) is 0 Å². The van der Waals surface area contributed by atoms with Crippen LogP contribution >= 0.6 is 0 Å². The second-order valence-corrected chi connectivity index (χ2v) is 4.61. The lowest BCUT2D eigenvalue weighted by Gasteiger charge is -2.09. The number of nitro groups is 1. The summed E-state index contributed by atoms with van der Waals surface area (Å²) in [6.07, 6.45) is 1.10. The number of anilines is 1. The van der Waals surface area contributed by atoms with Crippen LogP contribution in [0, 0.1) is 10.1 Å². The van der Waals surface area contributed by atoms with Crippen molar-refractivity contribution in [1.82, 2.24) is 4.98 Å². The summed E-state index contributed by atoms with van der Waals surface area (Å²) in [7, 11) is 0. The van der Waals surface area contributed by atoms with Crippen molar-refractivity contribution in [3.05, 3.63) is 40.4 Å². The number of aliphatic hydroxyl groups excluding tert-OH is 1. The van der Waals surface area contributed by atoms with Gasteiger partial charge in [-0.25, -0.2) is 4.98 Å². The van der Waals surface area contributed by atoms with Crippen LogP contribution in [0.25, 0.3) is 10.9 Å². The lowest BCUT2D eigenvalue weighted by molar-refractivity contribution is -0.384. The Balaban J connectivity index is 2.10. The average molecular weight is 275 g/mol. The number of hydrogen-bond donors (Lipinski definition) is 2. The first-order chi connectivity index (χ1) is 9.60. The molecule has 0 spiro atoms. The highest BCUT2D eigenvalue weighted by molar-refractivity contribution is 5.82. The fraction of sp³-hybridized carbons (Fsp3) is 0.357. The molecule has 0 radical (unpaired) electrons. The van der Waals surface area contributed by atoms with E-state index in [9.17, 15) is 15.2 Å². The smallest absolute Gasteiger partial charge is 0.270 e. The molecular formula is C14H17N3O3. The number of rotatable bonds is 6. The Morgan fingerprint density at radius 1 is 1.40 bits per heavy atom. The van der Waals surface area contributed by atoms with Gasteiger partial charge in [0.05, 0.1) is 16.5 Å². The van der Waals surface area contributed by atoms with Crippen molar-refractivity contribution in [3.8, 4) is 0 Å². The van der Waals surface area contributed by atoms with E-state index in [1.807, 2.05) is 6.92 Å². The molecule has 106 valence electrons. The van der Waals surface area contributed by atoms with E-state index >= 15 is 0 Å². The first kappa shape index (κ1) is 14.2. The van der Waals surface area contributed by atoms with Gasteiger partial charge in [0.15, 0.2) is 0 Å². The maximum Gasteiger partial charge on any atom is 0.270 e. The average Bonchev–Trinajstić information content (AvgIpc) is 2.46. The molecule has 1 aromatic carbocycles. The SMILES string of the molecule is CCC(O)CCNc1ccc2cc([N+](=O)[O-])ccc2n1. The molecule has 0 fully saturated rings. The molecule has 1 heterocycles. The number of pyridine rings is 1. The first-order valence-electron chi connectivity index (χ1n) is 6.57. The van der Waals surface area contributed by atoms with Crippen LogP contribution < -0.4 is 5.32 Å². The predicted molar refractivity (Wildman–Crippen MR) is 77.8 cm³/mol. The van der Waals surface area contributed by atoms with Crippen LogP contribution in [-0.2, 0) is 0 Å². The first-order valence-corrected chi connectivity index (χ1v) is 6.57. The summed E-state index contributed by atoms with van der Waals surface area (Å²) in [4.78, 5) is 14.7. The molecule has 0 bridgehead atoms. The molecule has 2 aromatic rings. The zero-order valence-corrected chi connectivity index (χ0v) is 11.2. The topological polar surface area (TPSA) is 88.3 Å². The second-order valence-electron chi connectivity index (χ2n) is 4.61. The van der Waals surface area contributed by atoms with Gasteiger partial charge in [-0.15, -0.1) is 0 Å². The zero-order valence-electron chi connectivity index (χ0n) is 11.2. The molecule has 2 rings (SSSR count). The maximum atomic E-state index is 10.7. The van der Waals surface area contributed by atoms with Crippen molar-refractivity contribution in [2.45, 2.75) is 25.9 Å². The summed E-state index contributed by atoms with van der Waals surface area (Å²) in [5, 5.41) is 24.0. The van der Waals surface area contributed by atoms with Gasteiger partial charge in [0.25, 0.3) is 5.69 Å². The summed E-state index contributed by atoms with van der Waals surface area (Å²) in [5.74, 6) is 0.703. The number of nitro benzene ring substituents is 1. The molecule has 0 amide bonds. The lowest BCUT2D eigenvalue weighted by atomic mass is 10.2. The van der Waals surface area contributed by atoms with E-state index in [-0.39, 0.29) is 11.8 Å². The summed E-state index contributed by atoms with van der Waals surface area (Å²) < 4.78 is 0. The third kappa shape index (κ3) is 3.42. The number of benzene rings is 1. The summed E-state index contributed by atoms with van der Waals surface area (Å²) >= 11 is 0. The lowest BCUT2D eigenvalue weighted by Crippen LogP contribution is -2.12. The normalized spacial score (nSPS) is 12.3. The molecule has 0 saturated carbocycles. The Labute approximate surface area is 116 Å². The highest BCUT2D eigenvalue weighted by Gasteiger charge is 2.07. The van der Waals surface area contributed by atoms with E-state index in [1.165, 1.54) is 12.1 Å². The molecule has 0 saturated heterocycles. The Bertz CT molecular complexity index is 616. The number of fused-ring (bicyclic) bond motifs is 1.